The van der Waals surface area contributed by atoms with Crippen LogP contribution >= 0.6 is 0 Å². The predicted octanol–water partition coefficient (Wildman–Crippen LogP) is 3.07. The molecule has 1 aromatic heterocycles. The maximum atomic E-state index is 8.90. The van der Waals surface area contributed by atoms with Crippen molar-refractivity contribution >= 4 is 0 Å². The number of aromatic amines is 1. The highest BCUT2D eigenvalue weighted by Gasteiger charge is 2.07. The summed E-state index contributed by atoms with van der Waals surface area (Å²) in [6.07, 6.45) is 1.55. The van der Waals surface area contributed by atoms with Gasteiger partial charge in [0.1, 0.15) is 6.07 Å². The Labute approximate surface area is 94.7 Å². The van der Waals surface area contributed by atoms with E-state index >= 15 is 0 Å². The summed E-state index contributed by atoms with van der Waals surface area (Å²) in [5.74, 6) is 0.520. The molecule has 0 saturated carbocycles. The number of H-pyrrole nitrogens is 1. The molecule has 0 bridgehead atoms. The molecule has 0 unspecified atom stereocenters. The van der Waals surface area contributed by atoms with E-state index in [-0.39, 0.29) is 0 Å². The summed E-state index contributed by atoms with van der Waals surface area (Å²) in [6.45, 7) is 4.32. The van der Waals surface area contributed by atoms with Gasteiger partial charge in [0.15, 0.2) is 0 Å². The van der Waals surface area contributed by atoms with Gasteiger partial charge in [-0.1, -0.05) is 38.1 Å². The van der Waals surface area contributed by atoms with E-state index in [0.717, 1.165) is 11.3 Å². The van der Waals surface area contributed by atoms with Gasteiger partial charge in [-0.05, 0) is 11.5 Å². The topological polar surface area (TPSA) is 52.5 Å². The van der Waals surface area contributed by atoms with Gasteiger partial charge in [-0.15, -0.1) is 0 Å². The average molecular weight is 211 g/mol. The van der Waals surface area contributed by atoms with Gasteiger partial charge in [0.05, 0.1) is 17.5 Å². The molecule has 0 radical (unpaired) electrons. The van der Waals surface area contributed by atoms with Crippen LogP contribution in [0.1, 0.15) is 30.9 Å². The minimum atomic E-state index is 0.520. The van der Waals surface area contributed by atoms with E-state index < -0.39 is 0 Å². The zero-order valence-corrected chi connectivity index (χ0v) is 9.36. The van der Waals surface area contributed by atoms with Gasteiger partial charge in [-0.3, -0.25) is 5.10 Å². The second-order valence-corrected chi connectivity index (χ2v) is 4.05. The lowest BCUT2D eigenvalue weighted by molar-refractivity contribution is 0.867. The number of hydrogen-bond donors (Lipinski definition) is 1. The van der Waals surface area contributed by atoms with Crippen LogP contribution in [0.25, 0.3) is 11.3 Å². The molecule has 80 valence electrons. The van der Waals surface area contributed by atoms with Crippen molar-refractivity contribution in [2.45, 2.75) is 19.8 Å². The quantitative estimate of drug-likeness (QED) is 0.829. The van der Waals surface area contributed by atoms with E-state index in [9.17, 15) is 0 Å². The lowest BCUT2D eigenvalue weighted by Crippen LogP contribution is -1.87. The zero-order valence-electron chi connectivity index (χ0n) is 9.36. The van der Waals surface area contributed by atoms with Gasteiger partial charge in [0.25, 0.3) is 0 Å². The largest absolute Gasteiger partial charge is 0.276 e. The first-order chi connectivity index (χ1) is 7.72. The molecule has 0 atom stereocenters. The normalized spacial score (nSPS) is 10.4. The Bertz CT molecular complexity index is 515. The molecule has 2 rings (SSSR count). The van der Waals surface area contributed by atoms with E-state index in [0.29, 0.717) is 11.5 Å². The molecule has 1 heterocycles. The first kappa shape index (κ1) is 10.4. The van der Waals surface area contributed by atoms with E-state index in [4.69, 9.17) is 5.26 Å². The van der Waals surface area contributed by atoms with Crippen LogP contribution < -0.4 is 0 Å². The van der Waals surface area contributed by atoms with Gasteiger partial charge in [0.2, 0.25) is 0 Å². The van der Waals surface area contributed by atoms with Crippen LogP contribution in [0.3, 0.4) is 0 Å². The Morgan fingerprint density at radius 2 is 1.94 bits per heavy atom. The van der Waals surface area contributed by atoms with Crippen molar-refractivity contribution in [1.29, 1.82) is 5.26 Å². The SMILES string of the molecule is CC(C)c1ccc(-c2[nH]ncc2C#N)cc1. The van der Waals surface area contributed by atoms with Crippen molar-refractivity contribution < 1.29 is 0 Å². The maximum absolute atomic E-state index is 8.90. The lowest BCUT2D eigenvalue weighted by atomic mass is 10.00. The Balaban J connectivity index is 2.39. The number of nitrogens with zero attached hydrogens (tertiary/aromatic N) is 2. The van der Waals surface area contributed by atoms with Gasteiger partial charge in [-0.2, -0.15) is 10.4 Å². The molecular weight excluding hydrogens is 198 g/mol. The van der Waals surface area contributed by atoms with Gasteiger partial charge in [0, 0.05) is 5.56 Å². The molecule has 2 aromatic rings. The number of aromatic nitrogens is 2. The third kappa shape index (κ3) is 1.82. The van der Waals surface area contributed by atoms with Crippen molar-refractivity contribution in [2.75, 3.05) is 0 Å². The van der Waals surface area contributed by atoms with Crippen molar-refractivity contribution in [1.82, 2.24) is 10.2 Å². The standard InChI is InChI=1S/C13H13N3/c1-9(2)10-3-5-11(6-4-10)13-12(7-14)8-15-16-13/h3-6,8-9H,1-2H3,(H,15,16). The minimum absolute atomic E-state index is 0.520. The summed E-state index contributed by atoms with van der Waals surface area (Å²) in [7, 11) is 0. The molecule has 3 heteroatoms. The van der Waals surface area contributed by atoms with E-state index in [1.165, 1.54) is 5.56 Å². The van der Waals surface area contributed by atoms with Gasteiger partial charge >= 0.3 is 0 Å². The number of hydrogen-bond acceptors (Lipinski definition) is 2. The Morgan fingerprint density at radius 3 is 2.50 bits per heavy atom. The maximum Gasteiger partial charge on any atom is 0.103 e. The Kier molecular flexibility index (Phi) is 2.74. The van der Waals surface area contributed by atoms with Crippen molar-refractivity contribution in [2.24, 2.45) is 0 Å². The second kappa shape index (κ2) is 4.19. The summed E-state index contributed by atoms with van der Waals surface area (Å²) in [5, 5.41) is 15.6. The van der Waals surface area contributed by atoms with E-state index in [2.05, 4.69) is 42.2 Å². The van der Waals surface area contributed by atoms with Crippen LogP contribution in [0.4, 0.5) is 0 Å². The van der Waals surface area contributed by atoms with Crippen molar-refractivity contribution in [3.63, 3.8) is 0 Å². The fraction of sp³-hybridized carbons (Fsp3) is 0.231. The summed E-state index contributed by atoms with van der Waals surface area (Å²) in [5.41, 5.74) is 3.66. The third-order valence-corrected chi connectivity index (χ3v) is 2.63. The molecule has 0 fully saturated rings. The molecule has 3 nitrogen and oxygen atoms in total. The molecule has 0 aliphatic heterocycles. The second-order valence-electron chi connectivity index (χ2n) is 4.05. The number of benzene rings is 1. The monoisotopic (exact) mass is 211 g/mol. The summed E-state index contributed by atoms with van der Waals surface area (Å²) < 4.78 is 0. The fourth-order valence-corrected chi connectivity index (χ4v) is 1.63. The zero-order chi connectivity index (χ0) is 11.5. The molecule has 1 N–H and O–H groups in total. The summed E-state index contributed by atoms with van der Waals surface area (Å²) >= 11 is 0. The lowest BCUT2D eigenvalue weighted by Gasteiger charge is -2.05. The van der Waals surface area contributed by atoms with E-state index in [1.807, 2.05) is 12.1 Å². The highest BCUT2D eigenvalue weighted by Crippen LogP contribution is 2.23. The van der Waals surface area contributed by atoms with Gasteiger partial charge < -0.3 is 0 Å². The molecular formula is C13H13N3. The van der Waals surface area contributed by atoms with Crippen LogP contribution in [0.5, 0.6) is 0 Å². The number of nitrogens with one attached hydrogen (secondary N) is 1. The van der Waals surface area contributed by atoms with Crippen LogP contribution in [0, 0.1) is 11.3 Å². The number of rotatable bonds is 2. The average Bonchev–Trinajstić information content (AvgIpc) is 2.77. The molecule has 16 heavy (non-hydrogen) atoms. The first-order valence-corrected chi connectivity index (χ1v) is 5.26. The molecule has 0 amide bonds. The van der Waals surface area contributed by atoms with E-state index in [1.54, 1.807) is 6.20 Å². The van der Waals surface area contributed by atoms with Crippen molar-refractivity contribution in [3.8, 4) is 17.3 Å². The van der Waals surface area contributed by atoms with Crippen molar-refractivity contribution in [3.05, 3.63) is 41.6 Å². The third-order valence-electron chi connectivity index (χ3n) is 2.63. The van der Waals surface area contributed by atoms with Crippen LogP contribution in [-0.4, -0.2) is 10.2 Å². The Morgan fingerprint density at radius 1 is 1.25 bits per heavy atom. The smallest absolute Gasteiger partial charge is 0.103 e. The predicted molar refractivity (Wildman–Crippen MR) is 62.8 cm³/mol. The van der Waals surface area contributed by atoms with Crippen LogP contribution in [0.15, 0.2) is 30.5 Å². The summed E-state index contributed by atoms with van der Waals surface area (Å²) in [4.78, 5) is 0. The highest BCUT2D eigenvalue weighted by molar-refractivity contribution is 5.66. The van der Waals surface area contributed by atoms with Crippen LogP contribution in [0.2, 0.25) is 0 Å². The Hall–Kier alpha value is -2.08. The summed E-state index contributed by atoms with van der Waals surface area (Å²) in [6, 6.07) is 10.3. The van der Waals surface area contributed by atoms with Gasteiger partial charge in [-0.25, -0.2) is 0 Å². The van der Waals surface area contributed by atoms with Crippen LogP contribution in [-0.2, 0) is 0 Å². The molecule has 0 aliphatic carbocycles. The first-order valence-electron chi connectivity index (χ1n) is 5.26. The molecule has 1 aromatic carbocycles. The fourth-order valence-electron chi connectivity index (χ4n) is 1.63. The highest BCUT2D eigenvalue weighted by atomic mass is 15.1. The number of nitriles is 1. The molecule has 0 spiro atoms. The molecule has 0 saturated heterocycles. The molecule has 0 aliphatic rings. The minimum Gasteiger partial charge on any atom is -0.276 e.